The molecule has 0 radical (unpaired) electrons. The summed E-state index contributed by atoms with van der Waals surface area (Å²) in [5, 5.41) is 2.46. The van der Waals surface area contributed by atoms with Crippen molar-refractivity contribution in [1.29, 1.82) is 0 Å². The Morgan fingerprint density at radius 1 is 0.841 bits per heavy atom. The van der Waals surface area contributed by atoms with Crippen molar-refractivity contribution in [2.45, 2.75) is 51.1 Å². The highest BCUT2D eigenvalue weighted by Gasteiger charge is 2.46. The van der Waals surface area contributed by atoms with Gasteiger partial charge >= 0.3 is 12.5 Å². The van der Waals surface area contributed by atoms with Gasteiger partial charge in [0, 0.05) is 29.5 Å². The maximum Gasteiger partial charge on any atom is 0.573 e. The monoisotopic (exact) mass is 624 g/mol. The van der Waals surface area contributed by atoms with Crippen LogP contribution in [0.4, 0.5) is 32.0 Å². The molecule has 0 spiro atoms. The van der Waals surface area contributed by atoms with Crippen LogP contribution >= 0.6 is 0 Å². The highest BCUT2D eigenvalue weighted by Crippen LogP contribution is 2.39. The summed E-state index contributed by atoms with van der Waals surface area (Å²) in [4.78, 5) is 39.8. The normalized spacial score (nSPS) is 13.8. The number of rotatable bonds is 13. The van der Waals surface area contributed by atoms with Crippen LogP contribution in [0, 0.1) is 12.8 Å². The maximum atomic E-state index is 13.5. The predicted molar refractivity (Wildman–Crippen MR) is 149 cm³/mol. The molecule has 7 nitrogen and oxygen atoms in total. The first-order valence-corrected chi connectivity index (χ1v) is 13.3. The van der Waals surface area contributed by atoms with Crippen LogP contribution in [-0.4, -0.2) is 36.7 Å². The van der Waals surface area contributed by atoms with E-state index in [2.05, 4.69) is 10.1 Å². The average molecular weight is 625 g/mol. The lowest BCUT2D eigenvalue weighted by atomic mass is 9.67. The summed E-state index contributed by atoms with van der Waals surface area (Å²) in [6, 6.07) is 16.7. The summed E-state index contributed by atoms with van der Waals surface area (Å²) < 4.78 is 84.0. The van der Waals surface area contributed by atoms with Gasteiger partial charge in [-0.1, -0.05) is 48.9 Å². The number of aryl methyl sites for hydroxylation is 1. The molecule has 0 bridgehead atoms. The quantitative estimate of drug-likeness (QED) is 0.0933. The zero-order chi connectivity index (χ0) is 32.7. The fraction of sp³-hybridized carbons (Fsp3) is 0.323. The SMILES string of the molecule is Cc1ccc(C(=O)CC(C)(c2ccc(OCCCC(F)(F)F)cc2)C(C(N)=O)C(=O)Nc2ccc(OC(F)(F)F)cc2)cc1. The molecule has 236 valence electrons. The highest BCUT2D eigenvalue weighted by atomic mass is 19.4. The van der Waals surface area contributed by atoms with Crippen LogP contribution in [0.25, 0.3) is 0 Å². The van der Waals surface area contributed by atoms with Crippen molar-refractivity contribution in [3.8, 4) is 11.5 Å². The van der Waals surface area contributed by atoms with Gasteiger partial charge in [0.15, 0.2) is 5.78 Å². The molecule has 0 aliphatic carbocycles. The number of nitrogens with two attached hydrogens (primary N) is 1. The Morgan fingerprint density at radius 2 is 1.41 bits per heavy atom. The number of anilines is 1. The number of ether oxygens (including phenoxy) is 2. The summed E-state index contributed by atoms with van der Waals surface area (Å²) in [5.74, 6) is -4.37. The maximum absolute atomic E-state index is 13.5. The molecule has 0 saturated carbocycles. The summed E-state index contributed by atoms with van der Waals surface area (Å²) in [7, 11) is 0. The number of hydrogen-bond acceptors (Lipinski definition) is 5. The Bertz CT molecular complexity index is 1440. The molecule has 0 aromatic heterocycles. The second-order valence-electron chi connectivity index (χ2n) is 10.4. The topological polar surface area (TPSA) is 108 Å². The van der Waals surface area contributed by atoms with Gasteiger partial charge in [-0.15, -0.1) is 13.2 Å². The van der Waals surface area contributed by atoms with Gasteiger partial charge in [0.05, 0.1) is 6.61 Å². The molecule has 2 unspecified atom stereocenters. The van der Waals surface area contributed by atoms with Crippen LogP contribution in [0.2, 0.25) is 0 Å². The average Bonchev–Trinajstić information content (AvgIpc) is 2.91. The van der Waals surface area contributed by atoms with E-state index in [4.69, 9.17) is 10.5 Å². The van der Waals surface area contributed by atoms with E-state index in [1.165, 1.54) is 31.2 Å². The molecule has 2 atom stereocenters. The van der Waals surface area contributed by atoms with Crippen molar-refractivity contribution in [3.63, 3.8) is 0 Å². The van der Waals surface area contributed by atoms with Crippen molar-refractivity contribution >= 4 is 23.3 Å². The van der Waals surface area contributed by atoms with Gasteiger partial charge in [0.1, 0.15) is 17.4 Å². The Kier molecular flexibility index (Phi) is 10.7. The van der Waals surface area contributed by atoms with Crippen molar-refractivity contribution in [3.05, 3.63) is 89.5 Å². The Balaban J connectivity index is 1.91. The fourth-order valence-corrected chi connectivity index (χ4v) is 4.63. The largest absolute Gasteiger partial charge is 0.573 e. The lowest BCUT2D eigenvalue weighted by Crippen LogP contribution is -2.49. The van der Waals surface area contributed by atoms with Gasteiger partial charge in [-0.2, -0.15) is 13.2 Å². The number of carbonyl (C=O) groups is 3. The summed E-state index contributed by atoms with van der Waals surface area (Å²) in [6.45, 7) is 3.12. The van der Waals surface area contributed by atoms with E-state index in [9.17, 15) is 40.7 Å². The molecule has 13 heteroatoms. The first kappa shape index (κ1) is 33.9. The minimum Gasteiger partial charge on any atom is -0.494 e. The van der Waals surface area contributed by atoms with Crippen LogP contribution < -0.4 is 20.5 Å². The van der Waals surface area contributed by atoms with E-state index in [1.807, 2.05) is 6.92 Å². The van der Waals surface area contributed by atoms with Crippen molar-refractivity contribution in [1.82, 2.24) is 0 Å². The third kappa shape index (κ3) is 9.75. The molecule has 0 aliphatic rings. The fourth-order valence-electron chi connectivity index (χ4n) is 4.63. The number of amides is 2. The van der Waals surface area contributed by atoms with E-state index in [1.54, 1.807) is 24.3 Å². The predicted octanol–water partition coefficient (Wildman–Crippen LogP) is 6.89. The van der Waals surface area contributed by atoms with Crippen LogP contribution in [0.5, 0.6) is 11.5 Å². The number of halogens is 6. The van der Waals surface area contributed by atoms with Crippen molar-refractivity contribution in [2.24, 2.45) is 11.7 Å². The number of alkyl halides is 6. The first-order chi connectivity index (χ1) is 20.5. The van der Waals surface area contributed by atoms with E-state index >= 15 is 0 Å². The molecule has 3 aromatic rings. The lowest BCUT2D eigenvalue weighted by Gasteiger charge is -2.35. The highest BCUT2D eigenvalue weighted by molar-refractivity contribution is 6.08. The number of primary amides is 1. The molecule has 0 aliphatic heterocycles. The minimum atomic E-state index is -4.92. The van der Waals surface area contributed by atoms with Gasteiger partial charge in [-0.3, -0.25) is 14.4 Å². The van der Waals surface area contributed by atoms with Gasteiger partial charge in [-0.25, -0.2) is 0 Å². The van der Waals surface area contributed by atoms with Crippen molar-refractivity contribution in [2.75, 3.05) is 11.9 Å². The zero-order valence-corrected chi connectivity index (χ0v) is 23.7. The third-order valence-corrected chi connectivity index (χ3v) is 6.83. The van der Waals surface area contributed by atoms with Gasteiger partial charge in [-0.05, 0) is 55.3 Å². The van der Waals surface area contributed by atoms with E-state index in [0.29, 0.717) is 11.1 Å². The van der Waals surface area contributed by atoms with Gasteiger partial charge in [0.25, 0.3) is 0 Å². The second kappa shape index (κ2) is 13.8. The second-order valence-corrected chi connectivity index (χ2v) is 10.4. The molecule has 2 amide bonds. The molecule has 3 N–H and O–H groups in total. The standard InChI is InChI=1S/C31H30F6N2O5/c1-19-4-6-20(7-5-19)25(40)18-29(2,21-8-12-23(13-9-21)43-17-3-16-30(32,33)34)26(27(38)41)28(42)39-22-10-14-24(15-11-22)44-31(35,36)37/h4-15,26H,3,16-18H2,1-2H3,(H2,38,41)(H,39,42). The van der Waals surface area contributed by atoms with Gasteiger partial charge in [0.2, 0.25) is 11.8 Å². The summed E-state index contributed by atoms with van der Waals surface area (Å²) in [6.07, 6.45) is -10.9. The molecular formula is C31H30F6N2O5. The molecule has 3 aromatic carbocycles. The van der Waals surface area contributed by atoms with Crippen LogP contribution in [0.1, 0.15) is 47.7 Å². The molecular weight excluding hydrogens is 594 g/mol. The van der Waals surface area contributed by atoms with E-state index in [0.717, 1.165) is 29.8 Å². The molecule has 0 heterocycles. The number of carbonyl (C=O) groups excluding carboxylic acids is 3. The van der Waals surface area contributed by atoms with Crippen LogP contribution in [0.15, 0.2) is 72.8 Å². The molecule has 0 fully saturated rings. The molecule has 3 rings (SSSR count). The third-order valence-electron chi connectivity index (χ3n) is 6.83. The van der Waals surface area contributed by atoms with E-state index < -0.39 is 53.6 Å². The number of nitrogens with one attached hydrogen (secondary N) is 1. The Hall–Kier alpha value is -4.55. The lowest BCUT2D eigenvalue weighted by molar-refractivity contribution is -0.274. The smallest absolute Gasteiger partial charge is 0.494 e. The molecule has 0 saturated heterocycles. The number of hydrogen-bond donors (Lipinski definition) is 2. The Labute approximate surface area is 249 Å². The summed E-state index contributed by atoms with van der Waals surface area (Å²) in [5.41, 5.74) is 5.74. The van der Waals surface area contributed by atoms with E-state index in [-0.39, 0.29) is 30.9 Å². The van der Waals surface area contributed by atoms with Crippen LogP contribution in [0.3, 0.4) is 0 Å². The number of ketones is 1. The van der Waals surface area contributed by atoms with Gasteiger partial charge < -0.3 is 20.5 Å². The Morgan fingerprint density at radius 3 is 1.93 bits per heavy atom. The zero-order valence-electron chi connectivity index (χ0n) is 23.7. The number of Topliss-reactive ketones (excluding diaryl/α,β-unsaturated/α-hetero) is 1. The molecule has 44 heavy (non-hydrogen) atoms. The number of benzene rings is 3. The minimum absolute atomic E-state index is 0.0330. The summed E-state index contributed by atoms with van der Waals surface area (Å²) >= 11 is 0. The van der Waals surface area contributed by atoms with Crippen LogP contribution in [-0.2, 0) is 15.0 Å². The first-order valence-electron chi connectivity index (χ1n) is 13.3. The van der Waals surface area contributed by atoms with Crippen molar-refractivity contribution < 1.29 is 50.2 Å².